The van der Waals surface area contributed by atoms with Crippen LogP contribution in [0.5, 0.6) is 11.5 Å². The molecule has 0 heterocycles. The van der Waals surface area contributed by atoms with Gasteiger partial charge in [-0.25, -0.2) is 5.43 Å². The molecule has 0 radical (unpaired) electrons. The normalized spacial score (nSPS) is 10.6. The van der Waals surface area contributed by atoms with Crippen molar-refractivity contribution in [2.75, 3.05) is 12.4 Å². The molecule has 170 valence electrons. The molecule has 0 bridgehead atoms. The predicted molar refractivity (Wildman–Crippen MR) is 132 cm³/mol. The summed E-state index contributed by atoms with van der Waals surface area (Å²) in [6, 6.07) is 22.2. The van der Waals surface area contributed by atoms with Crippen molar-refractivity contribution < 1.29 is 19.1 Å². The minimum Gasteiger partial charge on any atom is -0.497 e. The van der Waals surface area contributed by atoms with Crippen molar-refractivity contribution in [2.45, 2.75) is 19.4 Å². The second-order valence-electron chi connectivity index (χ2n) is 7.03. The SMILES string of the molecule is COc1ccc(NC(=O)CCC(=O)N/N=C\c2ccccc2OCc2cccc(Br)c2)cc1. The minimum atomic E-state index is -0.358. The third-order valence-corrected chi connectivity index (χ3v) is 5.04. The highest BCUT2D eigenvalue weighted by atomic mass is 79.9. The van der Waals surface area contributed by atoms with E-state index in [0.717, 1.165) is 15.6 Å². The van der Waals surface area contributed by atoms with Gasteiger partial charge in [0.15, 0.2) is 0 Å². The fourth-order valence-electron chi connectivity index (χ4n) is 2.86. The first-order chi connectivity index (χ1) is 16.0. The van der Waals surface area contributed by atoms with E-state index in [1.165, 1.54) is 6.21 Å². The van der Waals surface area contributed by atoms with E-state index < -0.39 is 0 Å². The first-order valence-electron chi connectivity index (χ1n) is 10.3. The van der Waals surface area contributed by atoms with E-state index in [0.29, 0.717) is 23.8 Å². The molecule has 0 atom stereocenters. The van der Waals surface area contributed by atoms with E-state index in [9.17, 15) is 9.59 Å². The number of nitrogens with zero attached hydrogens (tertiary/aromatic N) is 1. The van der Waals surface area contributed by atoms with E-state index in [2.05, 4.69) is 31.8 Å². The molecule has 3 aromatic rings. The van der Waals surface area contributed by atoms with Crippen LogP contribution in [0.15, 0.2) is 82.4 Å². The van der Waals surface area contributed by atoms with Gasteiger partial charge in [0, 0.05) is 28.6 Å². The van der Waals surface area contributed by atoms with Gasteiger partial charge in [0.1, 0.15) is 18.1 Å². The Morgan fingerprint density at radius 2 is 1.73 bits per heavy atom. The number of halogens is 1. The largest absolute Gasteiger partial charge is 0.497 e. The van der Waals surface area contributed by atoms with Crippen LogP contribution < -0.4 is 20.2 Å². The highest BCUT2D eigenvalue weighted by molar-refractivity contribution is 9.10. The fraction of sp³-hybridized carbons (Fsp3) is 0.160. The van der Waals surface area contributed by atoms with Gasteiger partial charge in [-0.1, -0.05) is 40.2 Å². The third kappa shape index (κ3) is 8.08. The second kappa shape index (κ2) is 12.4. The average molecular weight is 510 g/mol. The summed E-state index contributed by atoms with van der Waals surface area (Å²) in [6.07, 6.45) is 1.58. The number of hydrazone groups is 1. The highest BCUT2D eigenvalue weighted by Crippen LogP contribution is 2.19. The molecule has 2 amide bonds. The Kier molecular flexibility index (Phi) is 9.02. The summed E-state index contributed by atoms with van der Waals surface area (Å²) >= 11 is 3.45. The maximum absolute atomic E-state index is 12.0. The average Bonchev–Trinajstić information content (AvgIpc) is 2.83. The lowest BCUT2D eigenvalue weighted by Crippen LogP contribution is -2.20. The Hall–Kier alpha value is -3.65. The lowest BCUT2D eigenvalue weighted by Gasteiger charge is -2.09. The molecule has 0 aromatic heterocycles. The number of nitrogens with one attached hydrogen (secondary N) is 2. The van der Waals surface area contributed by atoms with Crippen LogP contribution in [0.2, 0.25) is 0 Å². The zero-order chi connectivity index (χ0) is 23.5. The van der Waals surface area contributed by atoms with Crippen LogP contribution >= 0.6 is 15.9 Å². The minimum absolute atomic E-state index is 0.0142. The lowest BCUT2D eigenvalue weighted by atomic mass is 10.2. The maximum atomic E-state index is 12.0. The maximum Gasteiger partial charge on any atom is 0.240 e. The van der Waals surface area contributed by atoms with Crippen molar-refractivity contribution in [3.8, 4) is 11.5 Å². The monoisotopic (exact) mass is 509 g/mol. The van der Waals surface area contributed by atoms with Gasteiger partial charge in [-0.15, -0.1) is 0 Å². The molecule has 3 rings (SSSR count). The van der Waals surface area contributed by atoms with Gasteiger partial charge >= 0.3 is 0 Å². The number of hydrogen-bond donors (Lipinski definition) is 2. The van der Waals surface area contributed by atoms with E-state index in [1.54, 1.807) is 31.4 Å². The number of methoxy groups -OCH3 is 1. The molecule has 0 saturated carbocycles. The van der Waals surface area contributed by atoms with Crippen molar-refractivity contribution in [1.29, 1.82) is 0 Å². The first-order valence-corrected chi connectivity index (χ1v) is 11.0. The number of carbonyl (C=O) groups excluding carboxylic acids is 2. The van der Waals surface area contributed by atoms with Gasteiger partial charge in [-0.3, -0.25) is 9.59 Å². The second-order valence-corrected chi connectivity index (χ2v) is 7.94. The van der Waals surface area contributed by atoms with Crippen LogP contribution in [0.3, 0.4) is 0 Å². The molecule has 0 aliphatic carbocycles. The number of benzene rings is 3. The van der Waals surface area contributed by atoms with Crippen molar-refractivity contribution in [3.63, 3.8) is 0 Å². The van der Waals surface area contributed by atoms with Gasteiger partial charge < -0.3 is 14.8 Å². The van der Waals surface area contributed by atoms with E-state index in [1.807, 2.05) is 48.5 Å². The van der Waals surface area contributed by atoms with E-state index in [-0.39, 0.29) is 24.7 Å². The molecule has 8 heteroatoms. The predicted octanol–water partition coefficient (Wildman–Crippen LogP) is 4.91. The number of hydrogen-bond acceptors (Lipinski definition) is 5. The summed E-state index contributed by atoms with van der Waals surface area (Å²) in [6.45, 7) is 0.403. The molecule has 0 fully saturated rings. The topological polar surface area (TPSA) is 89.0 Å². The summed E-state index contributed by atoms with van der Waals surface area (Å²) in [5.74, 6) is 0.731. The molecule has 0 aliphatic rings. The summed E-state index contributed by atoms with van der Waals surface area (Å²) in [5.41, 5.74) is 4.84. The summed E-state index contributed by atoms with van der Waals surface area (Å²) < 4.78 is 12.0. The molecule has 0 unspecified atom stereocenters. The number of carbonyl (C=O) groups is 2. The quantitative estimate of drug-likeness (QED) is 0.300. The van der Waals surface area contributed by atoms with Gasteiger partial charge in [0.25, 0.3) is 0 Å². The van der Waals surface area contributed by atoms with Gasteiger partial charge in [0.2, 0.25) is 11.8 Å². The molecule has 0 saturated heterocycles. The molecule has 7 nitrogen and oxygen atoms in total. The van der Waals surface area contributed by atoms with Crippen LogP contribution in [0.4, 0.5) is 5.69 Å². The number of rotatable bonds is 10. The number of anilines is 1. The van der Waals surface area contributed by atoms with E-state index >= 15 is 0 Å². The Labute approximate surface area is 200 Å². The Morgan fingerprint density at radius 1 is 0.970 bits per heavy atom. The van der Waals surface area contributed by atoms with Crippen molar-refractivity contribution in [2.24, 2.45) is 5.10 Å². The number of para-hydroxylation sites is 1. The van der Waals surface area contributed by atoms with Crippen molar-refractivity contribution >= 4 is 39.6 Å². The molecule has 0 aliphatic heterocycles. The fourth-order valence-corrected chi connectivity index (χ4v) is 3.31. The summed E-state index contributed by atoms with van der Waals surface area (Å²) in [4.78, 5) is 24.1. The highest BCUT2D eigenvalue weighted by Gasteiger charge is 2.07. The van der Waals surface area contributed by atoms with Crippen molar-refractivity contribution in [1.82, 2.24) is 5.43 Å². The Balaban J connectivity index is 1.45. The smallest absolute Gasteiger partial charge is 0.240 e. The molecular formula is C25H24BrN3O4. The van der Waals surface area contributed by atoms with Crippen LogP contribution in [-0.2, 0) is 16.2 Å². The first kappa shape index (κ1) is 24.0. The standard InChI is InChI=1S/C25H24BrN3O4/c1-32-22-11-9-21(10-12-22)28-24(30)13-14-25(31)29-27-16-19-6-2-3-8-23(19)33-17-18-5-4-7-20(26)15-18/h2-12,15-16H,13-14,17H2,1H3,(H,28,30)(H,29,31)/b27-16-. The van der Waals surface area contributed by atoms with Gasteiger partial charge in [-0.2, -0.15) is 5.10 Å². The third-order valence-electron chi connectivity index (χ3n) is 4.55. The van der Waals surface area contributed by atoms with Gasteiger partial charge in [0.05, 0.1) is 13.3 Å². The zero-order valence-corrected chi connectivity index (χ0v) is 19.7. The lowest BCUT2D eigenvalue weighted by molar-refractivity contribution is -0.124. The number of ether oxygens (including phenoxy) is 2. The summed E-state index contributed by atoms with van der Waals surface area (Å²) in [7, 11) is 1.57. The zero-order valence-electron chi connectivity index (χ0n) is 18.1. The van der Waals surface area contributed by atoms with Crippen LogP contribution in [0.1, 0.15) is 24.0 Å². The summed E-state index contributed by atoms with van der Waals surface area (Å²) in [5, 5.41) is 6.73. The molecular weight excluding hydrogens is 486 g/mol. The molecule has 33 heavy (non-hydrogen) atoms. The Morgan fingerprint density at radius 3 is 2.48 bits per heavy atom. The van der Waals surface area contributed by atoms with E-state index in [4.69, 9.17) is 9.47 Å². The van der Waals surface area contributed by atoms with Gasteiger partial charge in [-0.05, 0) is 54.1 Å². The Bertz CT molecular complexity index is 1120. The molecule has 2 N–H and O–H groups in total. The molecule has 0 spiro atoms. The van der Waals surface area contributed by atoms with Crippen LogP contribution in [-0.4, -0.2) is 25.1 Å². The van der Waals surface area contributed by atoms with Crippen LogP contribution in [0, 0.1) is 0 Å². The van der Waals surface area contributed by atoms with Crippen LogP contribution in [0.25, 0.3) is 0 Å². The molecule has 3 aromatic carbocycles. The number of amides is 2. The van der Waals surface area contributed by atoms with Crippen molar-refractivity contribution in [3.05, 3.63) is 88.4 Å².